The third-order valence-corrected chi connectivity index (χ3v) is 3.52. The van der Waals surface area contributed by atoms with E-state index in [1.807, 2.05) is 36.4 Å². The quantitative estimate of drug-likeness (QED) is 0.753. The summed E-state index contributed by atoms with van der Waals surface area (Å²) in [4.78, 5) is 4.57. The van der Waals surface area contributed by atoms with Crippen LogP contribution in [0.3, 0.4) is 0 Å². The highest BCUT2D eigenvalue weighted by Crippen LogP contribution is 2.26. The summed E-state index contributed by atoms with van der Waals surface area (Å²) in [5.41, 5.74) is 4.22. The van der Waals surface area contributed by atoms with Gasteiger partial charge in [-0.15, -0.1) is 0 Å². The predicted molar refractivity (Wildman–Crippen MR) is 86.5 cm³/mol. The third kappa shape index (κ3) is 3.07. The summed E-state index contributed by atoms with van der Waals surface area (Å²) in [5.74, 6) is 0.708. The van der Waals surface area contributed by atoms with Crippen molar-refractivity contribution in [1.82, 2.24) is 4.98 Å². The van der Waals surface area contributed by atoms with Gasteiger partial charge in [0.1, 0.15) is 5.52 Å². The van der Waals surface area contributed by atoms with Crippen LogP contribution < -0.4 is 5.32 Å². The van der Waals surface area contributed by atoms with Gasteiger partial charge in [0.15, 0.2) is 5.58 Å². The highest BCUT2D eigenvalue weighted by Gasteiger charge is 2.15. The molecular formula is C18H20N2O. The smallest absolute Gasteiger partial charge is 0.214 e. The number of hydrogen-bond acceptors (Lipinski definition) is 3. The molecule has 0 spiro atoms. The average Bonchev–Trinajstić information content (AvgIpc) is 2.87. The Morgan fingerprint density at radius 2 is 1.81 bits per heavy atom. The minimum absolute atomic E-state index is 0.121. The van der Waals surface area contributed by atoms with Crippen molar-refractivity contribution in [3.63, 3.8) is 0 Å². The maximum Gasteiger partial charge on any atom is 0.214 e. The molecule has 1 aromatic heterocycles. The van der Waals surface area contributed by atoms with E-state index < -0.39 is 0 Å². The zero-order valence-electron chi connectivity index (χ0n) is 12.7. The van der Waals surface area contributed by atoms with Crippen molar-refractivity contribution in [3.8, 4) is 0 Å². The summed E-state index contributed by atoms with van der Waals surface area (Å²) in [7, 11) is 0. The van der Waals surface area contributed by atoms with Crippen LogP contribution in [0.15, 0.2) is 52.9 Å². The van der Waals surface area contributed by atoms with Gasteiger partial charge in [-0.3, -0.25) is 0 Å². The number of nitrogens with one attached hydrogen (secondary N) is 1. The van der Waals surface area contributed by atoms with Gasteiger partial charge in [0.05, 0.1) is 6.54 Å². The Balaban J connectivity index is 1.81. The van der Waals surface area contributed by atoms with Crippen molar-refractivity contribution in [2.75, 3.05) is 5.32 Å². The zero-order valence-corrected chi connectivity index (χ0v) is 12.7. The third-order valence-electron chi connectivity index (χ3n) is 3.52. The second kappa shape index (κ2) is 5.24. The molecule has 1 N–H and O–H groups in total. The fourth-order valence-electron chi connectivity index (χ4n) is 2.25. The molecule has 0 radical (unpaired) electrons. The highest BCUT2D eigenvalue weighted by atomic mass is 16.3. The molecule has 0 aliphatic rings. The lowest BCUT2D eigenvalue weighted by Crippen LogP contribution is -2.10. The molecule has 108 valence electrons. The normalized spacial score (nSPS) is 11.8. The van der Waals surface area contributed by atoms with Gasteiger partial charge in [-0.1, -0.05) is 45.0 Å². The SMILES string of the molecule is CC(C)(C)c1ccc2oc(CNc3ccccc3)nc2c1. The second-order valence-corrected chi connectivity index (χ2v) is 6.26. The van der Waals surface area contributed by atoms with Crippen molar-refractivity contribution >= 4 is 16.8 Å². The van der Waals surface area contributed by atoms with Crippen LogP contribution >= 0.6 is 0 Å². The summed E-state index contributed by atoms with van der Waals surface area (Å²) in [6.45, 7) is 7.19. The van der Waals surface area contributed by atoms with Gasteiger partial charge in [-0.05, 0) is 35.2 Å². The number of para-hydroxylation sites is 1. The van der Waals surface area contributed by atoms with Crippen LogP contribution in [-0.2, 0) is 12.0 Å². The Morgan fingerprint density at radius 3 is 2.52 bits per heavy atom. The summed E-state index contributed by atoms with van der Waals surface area (Å²) in [6, 6.07) is 16.3. The Bertz CT molecular complexity index is 739. The number of anilines is 1. The maximum absolute atomic E-state index is 5.78. The first-order chi connectivity index (χ1) is 10.0. The molecule has 3 heteroatoms. The molecule has 0 aliphatic heterocycles. The molecule has 0 bridgehead atoms. The first-order valence-corrected chi connectivity index (χ1v) is 7.21. The predicted octanol–water partition coefficient (Wildman–Crippen LogP) is 4.74. The minimum atomic E-state index is 0.121. The van der Waals surface area contributed by atoms with E-state index in [9.17, 15) is 0 Å². The number of rotatable bonds is 3. The molecule has 0 fully saturated rings. The van der Waals surface area contributed by atoms with Crippen molar-refractivity contribution in [2.24, 2.45) is 0 Å². The monoisotopic (exact) mass is 280 g/mol. The molecule has 0 aliphatic carbocycles. The molecule has 3 nitrogen and oxygen atoms in total. The molecule has 0 amide bonds. The van der Waals surface area contributed by atoms with E-state index in [4.69, 9.17) is 4.42 Å². The summed E-state index contributed by atoms with van der Waals surface area (Å²) < 4.78 is 5.78. The first-order valence-electron chi connectivity index (χ1n) is 7.21. The molecule has 3 aromatic rings. The van der Waals surface area contributed by atoms with Crippen molar-refractivity contribution < 1.29 is 4.42 Å². The summed E-state index contributed by atoms with van der Waals surface area (Å²) in [5, 5.41) is 3.31. The van der Waals surface area contributed by atoms with Gasteiger partial charge in [-0.25, -0.2) is 4.98 Å². The maximum atomic E-state index is 5.78. The fraction of sp³-hybridized carbons (Fsp3) is 0.278. The fourth-order valence-corrected chi connectivity index (χ4v) is 2.25. The summed E-state index contributed by atoms with van der Waals surface area (Å²) >= 11 is 0. The van der Waals surface area contributed by atoms with Gasteiger partial charge >= 0.3 is 0 Å². The van der Waals surface area contributed by atoms with Crippen LogP contribution in [0.5, 0.6) is 0 Å². The van der Waals surface area contributed by atoms with Crippen LogP contribution in [0.25, 0.3) is 11.1 Å². The van der Waals surface area contributed by atoms with Crippen molar-refractivity contribution in [1.29, 1.82) is 0 Å². The Hall–Kier alpha value is -2.29. The number of fused-ring (bicyclic) bond motifs is 1. The van der Waals surface area contributed by atoms with Crippen LogP contribution in [0.4, 0.5) is 5.69 Å². The molecule has 0 saturated carbocycles. The molecule has 2 aromatic carbocycles. The van der Waals surface area contributed by atoms with Crippen LogP contribution in [0.2, 0.25) is 0 Å². The summed E-state index contributed by atoms with van der Waals surface area (Å²) in [6.07, 6.45) is 0. The van der Waals surface area contributed by atoms with E-state index in [1.165, 1.54) is 5.56 Å². The van der Waals surface area contributed by atoms with Crippen molar-refractivity contribution in [3.05, 3.63) is 60.0 Å². The molecule has 0 saturated heterocycles. The molecule has 1 heterocycles. The lowest BCUT2D eigenvalue weighted by molar-refractivity contribution is 0.540. The zero-order chi connectivity index (χ0) is 14.9. The minimum Gasteiger partial charge on any atom is -0.439 e. The number of nitrogens with zero attached hydrogens (tertiary/aromatic N) is 1. The van der Waals surface area contributed by atoms with Gasteiger partial charge < -0.3 is 9.73 Å². The van der Waals surface area contributed by atoms with E-state index >= 15 is 0 Å². The van der Waals surface area contributed by atoms with Gasteiger partial charge in [0.25, 0.3) is 0 Å². The standard InChI is InChI=1S/C18H20N2O/c1-18(2,3)13-9-10-16-15(11-13)20-17(21-16)12-19-14-7-5-4-6-8-14/h4-11,19H,12H2,1-3H3. The number of hydrogen-bond donors (Lipinski definition) is 1. The van der Waals surface area contributed by atoms with Crippen molar-refractivity contribution in [2.45, 2.75) is 32.7 Å². The Labute approximate surface area is 125 Å². The van der Waals surface area contributed by atoms with Crippen LogP contribution in [-0.4, -0.2) is 4.98 Å². The van der Waals surface area contributed by atoms with Gasteiger partial charge in [-0.2, -0.15) is 0 Å². The number of oxazole rings is 1. The number of aromatic nitrogens is 1. The van der Waals surface area contributed by atoms with E-state index in [1.54, 1.807) is 0 Å². The topological polar surface area (TPSA) is 38.1 Å². The Kier molecular flexibility index (Phi) is 3.42. The lowest BCUT2D eigenvalue weighted by atomic mass is 9.87. The first kappa shape index (κ1) is 13.7. The van der Waals surface area contributed by atoms with E-state index in [2.05, 4.69) is 43.2 Å². The average molecular weight is 280 g/mol. The van der Waals surface area contributed by atoms with E-state index in [-0.39, 0.29) is 5.41 Å². The molecule has 21 heavy (non-hydrogen) atoms. The highest BCUT2D eigenvalue weighted by molar-refractivity contribution is 5.73. The molecule has 3 rings (SSSR count). The molecular weight excluding hydrogens is 260 g/mol. The van der Waals surface area contributed by atoms with Crippen LogP contribution in [0.1, 0.15) is 32.2 Å². The van der Waals surface area contributed by atoms with Gasteiger partial charge in [0, 0.05) is 5.69 Å². The van der Waals surface area contributed by atoms with Gasteiger partial charge in [0.2, 0.25) is 5.89 Å². The molecule has 0 unspecified atom stereocenters. The second-order valence-electron chi connectivity index (χ2n) is 6.26. The van der Waals surface area contributed by atoms with Crippen LogP contribution in [0, 0.1) is 0 Å². The molecule has 0 atom stereocenters. The Morgan fingerprint density at radius 1 is 1.05 bits per heavy atom. The number of benzene rings is 2. The van der Waals surface area contributed by atoms with E-state index in [0.717, 1.165) is 16.8 Å². The lowest BCUT2D eigenvalue weighted by Gasteiger charge is -2.18. The largest absolute Gasteiger partial charge is 0.439 e. The van der Waals surface area contributed by atoms with E-state index in [0.29, 0.717) is 12.4 Å².